The molecule has 32 heavy (non-hydrogen) atoms. The van der Waals surface area contributed by atoms with E-state index in [2.05, 4.69) is 27.5 Å². The minimum atomic E-state index is -0.575. The Kier molecular flexibility index (Phi) is 8.04. The Hall–Kier alpha value is -2.71. The molecule has 0 radical (unpaired) electrons. The topological polar surface area (TPSA) is 115 Å². The van der Waals surface area contributed by atoms with E-state index in [1.165, 1.54) is 38.4 Å². The molecule has 8 heteroatoms. The Balaban J connectivity index is 0.000000305. The van der Waals surface area contributed by atoms with Gasteiger partial charge in [0.15, 0.2) is 0 Å². The molecule has 4 rings (SSSR count). The van der Waals surface area contributed by atoms with Gasteiger partial charge in [0, 0.05) is 35.3 Å². The summed E-state index contributed by atoms with van der Waals surface area (Å²) in [6.07, 6.45) is 8.57. The number of phenolic OH excluding ortho intramolecular Hbond substituents is 1. The molecular weight excluding hydrogens is 406 g/mol. The summed E-state index contributed by atoms with van der Waals surface area (Å²) in [4.78, 5) is 13.9. The van der Waals surface area contributed by atoms with Crippen LogP contribution in [0.4, 0.5) is 5.82 Å². The number of methoxy groups -OCH3 is 1. The van der Waals surface area contributed by atoms with Gasteiger partial charge in [-0.15, -0.1) is 0 Å². The molecule has 0 amide bonds. The third-order valence-corrected chi connectivity index (χ3v) is 6.16. The molecule has 0 aliphatic heterocycles. The van der Waals surface area contributed by atoms with Gasteiger partial charge in [0.2, 0.25) is 0 Å². The third-order valence-electron chi connectivity index (χ3n) is 6.16. The first kappa shape index (κ1) is 23.9. The van der Waals surface area contributed by atoms with E-state index >= 15 is 0 Å². The van der Waals surface area contributed by atoms with Crippen LogP contribution in [0, 0.1) is 0 Å². The fourth-order valence-corrected chi connectivity index (χ4v) is 4.39. The lowest BCUT2D eigenvalue weighted by Gasteiger charge is -2.34. The maximum Gasteiger partial charge on any atom is 0.140 e. The van der Waals surface area contributed by atoms with E-state index in [0.29, 0.717) is 24.7 Å². The number of nitrogens with one attached hydrogen (secondary N) is 1. The van der Waals surface area contributed by atoms with Crippen molar-refractivity contribution in [3.05, 3.63) is 35.7 Å². The van der Waals surface area contributed by atoms with Gasteiger partial charge in [-0.05, 0) is 51.9 Å². The number of benzene rings is 1. The normalized spacial score (nSPS) is 18.3. The van der Waals surface area contributed by atoms with Gasteiger partial charge in [0.05, 0.1) is 18.0 Å². The standard InChI is InChI=1S/C17H20N4O3.C7H15N/c1-17(2)13-14(19-9-20-16(13)18)11-5-4-10(22)8-12(11)15(17)21-24-7-6-23-3;1-8-7-5-3-2-4-6-7/h4-5,8-9,22H,6-7H2,1-3H3,(H2,18,19,20);7-8H,2-6H2,1H3/b21-15+;. The van der Waals surface area contributed by atoms with Crippen molar-refractivity contribution in [3.63, 3.8) is 0 Å². The molecule has 0 saturated heterocycles. The van der Waals surface area contributed by atoms with Crippen LogP contribution in [-0.4, -0.2) is 54.2 Å². The molecule has 2 aliphatic rings. The van der Waals surface area contributed by atoms with Crippen LogP contribution in [0.15, 0.2) is 29.7 Å². The SMILES string of the molecule is CNC1CCCCC1.COCCO/N=C1\c2cc(O)ccc2-c2ncnc(N)c2C1(C)C. The zero-order chi connectivity index (χ0) is 23.1. The molecule has 4 N–H and O–H groups in total. The Bertz CT molecular complexity index is 939. The van der Waals surface area contributed by atoms with E-state index < -0.39 is 5.41 Å². The molecular formula is C24H35N5O3. The van der Waals surface area contributed by atoms with E-state index in [1.54, 1.807) is 25.3 Å². The van der Waals surface area contributed by atoms with E-state index in [1.807, 2.05) is 13.8 Å². The second-order valence-corrected chi connectivity index (χ2v) is 8.73. The van der Waals surface area contributed by atoms with E-state index in [9.17, 15) is 5.11 Å². The van der Waals surface area contributed by atoms with Crippen LogP contribution in [0.5, 0.6) is 5.75 Å². The van der Waals surface area contributed by atoms with Crippen LogP contribution in [0.3, 0.4) is 0 Å². The smallest absolute Gasteiger partial charge is 0.140 e. The van der Waals surface area contributed by atoms with Gasteiger partial charge in [-0.1, -0.05) is 24.4 Å². The van der Waals surface area contributed by atoms with Gasteiger partial charge in [-0.3, -0.25) is 0 Å². The summed E-state index contributed by atoms with van der Waals surface area (Å²) in [6.45, 7) is 4.73. The fourth-order valence-electron chi connectivity index (χ4n) is 4.39. The number of nitrogens with two attached hydrogens (primary N) is 1. The Morgan fingerprint density at radius 3 is 2.56 bits per heavy atom. The molecule has 1 saturated carbocycles. The first-order valence-corrected chi connectivity index (χ1v) is 11.2. The summed E-state index contributed by atoms with van der Waals surface area (Å²) in [5.41, 5.74) is 9.37. The predicted molar refractivity (Wildman–Crippen MR) is 127 cm³/mol. The molecule has 1 heterocycles. The number of rotatable bonds is 5. The lowest BCUT2D eigenvalue weighted by Crippen LogP contribution is -2.36. The van der Waals surface area contributed by atoms with Crippen molar-refractivity contribution in [2.75, 3.05) is 33.1 Å². The van der Waals surface area contributed by atoms with Gasteiger partial charge in [0.1, 0.15) is 24.5 Å². The van der Waals surface area contributed by atoms with E-state index in [4.69, 9.17) is 15.3 Å². The number of fused-ring (bicyclic) bond motifs is 3. The van der Waals surface area contributed by atoms with Crippen LogP contribution >= 0.6 is 0 Å². The van der Waals surface area contributed by atoms with Crippen molar-refractivity contribution in [2.24, 2.45) is 5.16 Å². The second kappa shape index (κ2) is 10.7. The lowest BCUT2D eigenvalue weighted by molar-refractivity contribution is 0.0743. The van der Waals surface area contributed by atoms with Crippen molar-refractivity contribution in [3.8, 4) is 17.0 Å². The molecule has 1 fully saturated rings. The highest BCUT2D eigenvalue weighted by atomic mass is 16.6. The number of oxime groups is 1. The number of nitrogens with zero attached hydrogens (tertiary/aromatic N) is 3. The molecule has 1 aromatic heterocycles. The number of ether oxygens (including phenoxy) is 1. The number of aromatic hydroxyl groups is 1. The zero-order valence-corrected chi connectivity index (χ0v) is 19.5. The second-order valence-electron chi connectivity index (χ2n) is 8.73. The Morgan fingerprint density at radius 1 is 1.16 bits per heavy atom. The highest BCUT2D eigenvalue weighted by molar-refractivity contribution is 6.15. The molecule has 174 valence electrons. The Labute approximate surface area is 190 Å². The molecule has 8 nitrogen and oxygen atoms in total. The van der Waals surface area contributed by atoms with Gasteiger partial charge in [-0.25, -0.2) is 9.97 Å². The quantitative estimate of drug-likeness (QED) is 0.479. The van der Waals surface area contributed by atoms with E-state index in [0.717, 1.165) is 28.4 Å². The van der Waals surface area contributed by atoms with Crippen molar-refractivity contribution in [2.45, 2.75) is 57.4 Å². The van der Waals surface area contributed by atoms with Crippen molar-refractivity contribution >= 4 is 11.5 Å². The highest BCUT2D eigenvalue weighted by Gasteiger charge is 2.40. The molecule has 2 aromatic rings. The summed E-state index contributed by atoms with van der Waals surface area (Å²) in [6, 6.07) is 5.92. The first-order chi connectivity index (χ1) is 15.4. The predicted octanol–water partition coefficient (Wildman–Crippen LogP) is 3.63. The number of hydrogen-bond donors (Lipinski definition) is 3. The maximum atomic E-state index is 9.92. The summed E-state index contributed by atoms with van der Waals surface area (Å²) < 4.78 is 4.97. The van der Waals surface area contributed by atoms with Gasteiger partial charge in [-0.2, -0.15) is 0 Å². The molecule has 0 atom stereocenters. The monoisotopic (exact) mass is 441 g/mol. The molecule has 0 bridgehead atoms. The van der Waals surface area contributed by atoms with Gasteiger partial charge in [0.25, 0.3) is 0 Å². The first-order valence-electron chi connectivity index (χ1n) is 11.2. The van der Waals surface area contributed by atoms with Crippen molar-refractivity contribution in [1.82, 2.24) is 15.3 Å². The molecule has 2 aliphatic carbocycles. The van der Waals surface area contributed by atoms with Crippen LogP contribution in [0.1, 0.15) is 57.1 Å². The van der Waals surface area contributed by atoms with Gasteiger partial charge < -0.3 is 25.7 Å². The Morgan fingerprint density at radius 2 is 1.91 bits per heavy atom. The summed E-state index contributed by atoms with van der Waals surface area (Å²) >= 11 is 0. The van der Waals surface area contributed by atoms with Crippen molar-refractivity contribution in [1.29, 1.82) is 0 Å². The molecule has 0 spiro atoms. The van der Waals surface area contributed by atoms with Crippen molar-refractivity contribution < 1.29 is 14.7 Å². The maximum absolute atomic E-state index is 9.92. The summed E-state index contributed by atoms with van der Waals surface area (Å²) in [5.74, 6) is 0.563. The number of anilines is 1. The fraction of sp³-hybridized carbons (Fsp3) is 0.542. The summed E-state index contributed by atoms with van der Waals surface area (Å²) in [5, 5.41) is 17.5. The minimum absolute atomic E-state index is 0.152. The minimum Gasteiger partial charge on any atom is -0.508 e. The zero-order valence-electron chi connectivity index (χ0n) is 19.5. The average molecular weight is 442 g/mol. The van der Waals surface area contributed by atoms with Crippen LogP contribution in [0.2, 0.25) is 0 Å². The lowest BCUT2D eigenvalue weighted by atomic mass is 9.70. The van der Waals surface area contributed by atoms with Crippen LogP contribution in [0.25, 0.3) is 11.3 Å². The average Bonchev–Trinajstić information content (AvgIpc) is 2.79. The summed E-state index contributed by atoms with van der Waals surface area (Å²) in [7, 11) is 3.67. The number of phenols is 1. The molecule has 1 aromatic carbocycles. The highest BCUT2D eigenvalue weighted by Crippen LogP contribution is 2.45. The number of nitrogen functional groups attached to an aromatic ring is 1. The molecule has 0 unspecified atom stereocenters. The van der Waals surface area contributed by atoms with E-state index in [-0.39, 0.29) is 5.75 Å². The third kappa shape index (κ3) is 5.19. The van der Waals surface area contributed by atoms with Gasteiger partial charge >= 0.3 is 0 Å². The van der Waals surface area contributed by atoms with Crippen LogP contribution < -0.4 is 11.1 Å². The largest absolute Gasteiger partial charge is 0.508 e. The number of aromatic nitrogens is 2. The van der Waals surface area contributed by atoms with Crippen LogP contribution in [-0.2, 0) is 15.0 Å². The number of hydrogen-bond acceptors (Lipinski definition) is 8.